The maximum absolute atomic E-state index is 12.5. The Morgan fingerprint density at radius 1 is 1.25 bits per heavy atom. The van der Waals surface area contributed by atoms with Crippen LogP contribution in [0.2, 0.25) is 0 Å². The van der Waals surface area contributed by atoms with Crippen LogP contribution < -0.4 is 0 Å². The second kappa shape index (κ2) is 9.97. The largest absolute Gasteiger partial charge is 0.346 e. The molecule has 2 aromatic rings. The van der Waals surface area contributed by atoms with Crippen LogP contribution in [0.15, 0.2) is 35.5 Å². The standard InChI is InChI=1S/C19H27N5O2S2/c1-19(2,27-5)16-20-17(24(21-16)18(26)22(3)4)28-14-23(13-25)12-11-15-9-7-6-8-10-15/h6-10,13H,11-12,14H2,1-5H3. The molecule has 1 aromatic carbocycles. The maximum atomic E-state index is 12.5. The van der Waals surface area contributed by atoms with Crippen LogP contribution in [0, 0.1) is 0 Å². The summed E-state index contributed by atoms with van der Waals surface area (Å²) >= 11 is 2.95. The van der Waals surface area contributed by atoms with E-state index in [1.165, 1.54) is 26.9 Å². The van der Waals surface area contributed by atoms with Gasteiger partial charge in [-0.25, -0.2) is 9.78 Å². The Bertz CT molecular complexity index is 793. The zero-order chi connectivity index (χ0) is 20.7. The Balaban J connectivity index is 2.12. The normalized spacial score (nSPS) is 11.3. The number of hydrogen-bond donors (Lipinski definition) is 0. The molecule has 0 bridgehead atoms. The molecule has 2 amide bonds. The molecule has 0 saturated heterocycles. The fourth-order valence-corrected chi connectivity index (χ4v) is 3.39. The molecule has 0 fully saturated rings. The van der Waals surface area contributed by atoms with Crippen LogP contribution in [0.25, 0.3) is 0 Å². The van der Waals surface area contributed by atoms with E-state index in [-0.39, 0.29) is 10.8 Å². The number of hydrogen-bond acceptors (Lipinski definition) is 6. The molecule has 7 nitrogen and oxygen atoms in total. The minimum atomic E-state index is -0.315. The van der Waals surface area contributed by atoms with Crippen molar-refractivity contribution in [3.05, 3.63) is 41.7 Å². The van der Waals surface area contributed by atoms with E-state index in [4.69, 9.17) is 0 Å². The van der Waals surface area contributed by atoms with Gasteiger partial charge < -0.3 is 9.80 Å². The Morgan fingerprint density at radius 2 is 1.93 bits per heavy atom. The summed E-state index contributed by atoms with van der Waals surface area (Å²) in [6.07, 6.45) is 3.59. The first-order valence-corrected chi connectivity index (χ1v) is 11.1. The van der Waals surface area contributed by atoms with Crippen molar-refractivity contribution in [3.8, 4) is 0 Å². The van der Waals surface area contributed by atoms with E-state index >= 15 is 0 Å². The molecule has 0 aliphatic rings. The molecule has 2 rings (SSSR count). The number of aromatic nitrogens is 3. The van der Waals surface area contributed by atoms with E-state index in [0.29, 0.717) is 23.4 Å². The van der Waals surface area contributed by atoms with Crippen LogP contribution in [0.5, 0.6) is 0 Å². The number of benzene rings is 1. The SMILES string of the molecule is CSC(C)(C)c1nc(SCN(C=O)CCc2ccccc2)n(C(=O)N(C)C)n1. The zero-order valence-corrected chi connectivity index (χ0v) is 18.6. The second-order valence-electron chi connectivity index (χ2n) is 6.95. The van der Waals surface area contributed by atoms with Gasteiger partial charge in [-0.15, -0.1) is 5.10 Å². The first kappa shape index (κ1) is 22.3. The van der Waals surface area contributed by atoms with E-state index in [1.807, 2.05) is 50.4 Å². The maximum Gasteiger partial charge on any atom is 0.346 e. The molecule has 0 aliphatic carbocycles. The highest BCUT2D eigenvalue weighted by atomic mass is 32.2. The molecular formula is C19H27N5O2S2. The molecular weight excluding hydrogens is 394 g/mol. The number of amides is 2. The molecule has 0 spiro atoms. The summed E-state index contributed by atoms with van der Waals surface area (Å²) < 4.78 is 1.00. The van der Waals surface area contributed by atoms with Gasteiger partial charge in [-0.3, -0.25) is 4.79 Å². The van der Waals surface area contributed by atoms with Gasteiger partial charge in [0.25, 0.3) is 0 Å². The fourth-order valence-electron chi connectivity index (χ4n) is 2.26. The first-order valence-electron chi connectivity index (χ1n) is 8.89. The van der Waals surface area contributed by atoms with Crippen LogP contribution in [0.1, 0.15) is 25.2 Å². The van der Waals surface area contributed by atoms with Crippen LogP contribution in [-0.2, 0) is 16.0 Å². The molecule has 0 N–H and O–H groups in total. The number of nitrogens with zero attached hydrogens (tertiary/aromatic N) is 5. The highest BCUT2D eigenvalue weighted by Gasteiger charge is 2.28. The molecule has 0 aliphatic heterocycles. The van der Waals surface area contributed by atoms with Gasteiger partial charge >= 0.3 is 6.03 Å². The average Bonchev–Trinajstić information content (AvgIpc) is 3.13. The lowest BCUT2D eigenvalue weighted by atomic mass is 10.1. The lowest BCUT2D eigenvalue weighted by Gasteiger charge is -2.17. The Hall–Kier alpha value is -2.00. The van der Waals surface area contributed by atoms with Crippen molar-refractivity contribution < 1.29 is 9.59 Å². The highest BCUT2D eigenvalue weighted by Crippen LogP contribution is 2.32. The minimum Gasteiger partial charge on any atom is -0.335 e. The molecule has 0 saturated carbocycles. The smallest absolute Gasteiger partial charge is 0.335 e. The van der Waals surface area contributed by atoms with Gasteiger partial charge in [0, 0.05) is 20.6 Å². The predicted molar refractivity (Wildman–Crippen MR) is 115 cm³/mol. The molecule has 28 heavy (non-hydrogen) atoms. The van der Waals surface area contributed by atoms with Gasteiger partial charge in [-0.05, 0) is 32.1 Å². The van der Waals surface area contributed by atoms with E-state index in [1.54, 1.807) is 30.8 Å². The van der Waals surface area contributed by atoms with Crippen molar-refractivity contribution in [2.75, 3.05) is 32.8 Å². The van der Waals surface area contributed by atoms with Crippen LogP contribution >= 0.6 is 23.5 Å². The molecule has 1 heterocycles. The Morgan fingerprint density at radius 3 is 2.50 bits per heavy atom. The number of carbonyl (C=O) groups is 2. The van der Waals surface area contributed by atoms with Gasteiger partial charge in [-0.2, -0.15) is 16.4 Å². The first-order chi connectivity index (χ1) is 13.3. The zero-order valence-electron chi connectivity index (χ0n) is 17.0. The van der Waals surface area contributed by atoms with E-state index < -0.39 is 0 Å². The summed E-state index contributed by atoms with van der Waals surface area (Å²) in [5.74, 6) is 0.995. The molecule has 9 heteroatoms. The fraction of sp³-hybridized carbons (Fsp3) is 0.474. The molecule has 0 atom stereocenters. The summed E-state index contributed by atoms with van der Waals surface area (Å²) in [7, 11) is 3.35. The van der Waals surface area contributed by atoms with Gasteiger partial charge in [-0.1, -0.05) is 42.1 Å². The van der Waals surface area contributed by atoms with Crippen molar-refractivity contribution in [1.82, 2.24) is 24.6 Å². The van der Waals surface area contributed by atoms with Crippen LogP contribution in [-0.4, -0.2) is 69.8 Å². The van der Waals surface area contributed by atoms with Gasteiger partial charge in [0.15, 0.2) is 11.0 Å². The lowest BCUT2D eigenvalue weighted by Crippen LogP contribution is -2.30. The highest BCUT2D eigenvalue weighted by molar-refractivity contribution is 7.99. The van der Waals surface area contributed by atoms with Crippen molar-refractivity contribution >= 4 is 36.0 Å². The summed E-state index contributed by atoms with van der Waals surface area (Å²) in [5, 5.41) is 4.93. The minimum absolute atomic E-state index is 0.264. The topological polar surface area (TPSA) is 71.3 Å². The number of rotatable bonds is 9. The van der Waals surface area contributed by atoms with Crippen molar-refractivity contribution in [2.24, 2.45) is 0 Å². The molecule has 1 aromatic heterocycles. The Kier molecular flexibility index (Phi) is 7.94. The third-order valence-electron chi connectivity index (χ3n) is 4.23. The molecule has 0 radical (unpaired) electrons. The van der Waals surface area contributed by atoms with E-state index in [9.17, 15) is 9.59 Å². The Labute approximate surface area is 174 Å². The molecule has 0 unspecified atom stereocenters. The van der Waals surface area contributed by atoms with Crippen LogP contribution in [0.4, 0.5) is 4.79 Å². The van der Waals surface area contributed by atoms with Crippen molar-refractivity contribution in [1.29, 1.82) is 0 Å². The van der Waals surface area contributed by atoms with Crippen molar-refractivity contribution in [2.45, 2.75) is 30.2 Å². The summed E-state index contributed by atoms with van der Waals surface area (Å²) in [5.41, 5.74) is 1.18. The number of thioether (sulfide) groups is 2. The monoisotopic (exact) mass is 421 g/mol. The predicted octanol–water partition coefficient (Wildman–Crippen LogP) is 3.16. The summed E-state index contributed by atoms with van der Waals surface area (Å²) in [4.78, 5) is 31.7. The van der Waals surface area contributed by atoms with Gasteiger partial charge in [0.05, 0.1) is 10.6 Å². The van der Waals surface area contributed by atoms with E-state index in [0.717, 1.165) is 12.8 Å². The van der Waals surface area contributed by atoms with E-state index in [2.05, 4.69) is 10.1 Å². The quantitative estimate of drug-likeness (QED) is 0.352. The third-order valence-corrected chi connectivity index (χ3v) is 6.42. The second-order valence-corrected chi connectivity index (χ2v) is 9.29. The summed E-state index contributed by atoms with van der Waals surface area (Å²) in [6, 6.07) is 9.76. The van der Waals surface area contributed by atoms with Crippen molar-refractivity contribution in [3.63, 3.8) is 0 Å². The van der Waals surface area contributed by atoms with Gasteiger partial charge in [0.1, 0.15) is 0 Å². The van der Waals surface area contributed by atoms with Crippen LogP contribution in [0.3, 0.4) is 0 Å². The summed E-state index contributed by atoms with van der Waals surface area (Å²) in [6.45, 7) is 4.63. The van der Waals surface area contributed by atoms with Gasteiger partial charge in [0.2, 0.25) is 6.41 Å². The lowest BCUT2D eigenvalue weighted by molar-refractivity contribution is -0.117. The average molecular weight is 422 g/mol. The molecule has 152 valence electrons. The third kappa shape index (κ3) is 5.75. The number of carbonyl (C=O) groups excluding carboxylic acids is 2.